The minimum atomic E-state index is -4.30. The summed E-state index contributed by atoms with van der Waals surface area (Å²) < 4.78 is 37.2. The highest BCUT2D eigenvalue weighted by molar-refractivity contribution is 8.00. The molecule has 0 saturated carbocycles. The Labute approximate surface area is 112 Å². The molecular weight excluding hydrogens is 275 g/mol. The Balaban J connectivity index is 2.08. The van der Waals surface area contributed by atoms with E-state index in [2.05, 4.69) is 15.3 Å². The van der Waals surface area contributed by atoms with Crippen LogP contribution in [0.5, 0.6) is 0 Å². The number of halogens is 3. The van der Waals surface area contributed by atoms with Crippen LogP contribution >= 0.6 is 11.8 Å². The van der Waals surface area contributed by atoms with Gasteiger partial charge in [0, 0.05) is 16.8 Å². The van der Waals surface area contributed by atoms with Crippen molar-refractivity contribution in [2.45, 2.75) is 16.9 Å². The van der Waals surface area contributed by atoms with Crippen LogP contribution in [0.2, 0.25) is 0 Å². The van der Waals surface area contributed by atoms with E-state index in [0.29, 0.717) is 17.9 Å². The zero-order chi connectivity index (χ0) is 13.7. The fourth-order valence-corrected chi connectivity index (χ4v) is 2.08. The zero-order valence-electron chi connectivity index (χ0n) is 9.69. The number of thioether (sulfide) groups is 1. The summed E-state index contributed by atoms with van der Waals surface area (Å²) in [6, 6.07) is 7.99. The third-order valence-electron chi connectivity index (χ3n) is 2.22. The Morgan fingerprint density at radius 3 is 2.63 bits per heavy atom. The van der Waals surface area contributed by atoms with Crippen LogP contribution < -0.4 is 5.32 Å². The van der Waals surface area contributed by atoms with E-state index in [1.165, 1.54) is 12.4 Å². The predicted octanol–water partition coefficient (Wildman–Crippen LogP) is 3.70. The second kappa shape index (κ2) is 5.92. The normalized spacial score (nSPS) is 11.3. The molecule has 0 atom stereocenters. The largest absolute Gasteiger partial charge is 0.446 e. The van der Waals surface area contributed by atoms with Crippen molar-refractivity contribution in [2.24, 2.45) is 0 Å². The number of rotatable bonds is 4. The summed E-state index contributed by atoms with van der Waals surface area (Å²) in [6.07, 6.45) is 2.98. The first-order valence-corrected chi connectivity index (χ1v) is 6.20. The molecular formula is C12H10F3N3S. The molecule has 0 amide bonds. The van der Waals surface area contributed by atoms with Crippen LogP contribution in [0.25, 0.3) is 0 Å². The predicted molar refractivity (Wildman–Crippen MR) is 67.7 cm³/mol. The van der Waals surface area contributed by atoms with E-state index in [1.54, 1.807) is 30.5 Å². The van der Waals surface area contributed by atoms with Gasteiger partial charge >= 0.3 is 5.51 Å². The Kier molecular flexibility index (Phi) is 4.26. The molecule has 19 heavy (non-hydrogen) atoms. The zero-order valence-corrected chi connectivity index (χ0v) is 10.5. The van der Waals surface area contributed by atoms with Crippen molar-refractivity contribution in [3.05, 3.63) is 48.5 Å². The van der Waals surface area contributed by atoms with Crippen LogP contribution in [0, 0.1) is 0 Å². The Morgan fingerprint density at radius 1 is 1.16 bits per heavy atom. The quantitative estimate of drug-likeness (QED) is 0.869. The van der Waals surface area contributed by atoms with Crippen LogP contribution in [-0.2, 0) is 6.54 Å². The molecule has 0 bridgehead atoms. The highest BCUT2D eigenvalue weighted by atomic mass is 32.2. The second-order valence-corrected chi connectivity index (χ2v) is 4.71. The lowest BCUT2D eigenvalue weighted by Crippen LogP contribution is -2.05. The van der Waals surface area contributed by atoms with Crippen molar-refractivity contribution in [3.8, 4) is 0 Å². The third kappa shape index (κ3) is 4.44. The van der Waals surface area contributed by atoms with Crippen LogP contribution in [0.15, 0.2) is 47.8 Å². The first-order chi connectivity index (χ1) is 9.04. The number of para-hydroxylation sites is 1. The molecule has 0 aliphatic rings. The average molecular weight is 285 g/mol. The number of nitrogens with one attached hydrogen (secondary N) is 1. The summed E-state index contributed by atoms with van der Waals surface area (Å²) in [5, 5.41) is 2.94. The molecule has 2 aromatic rings. The van der Waals surface area contributed by atoms with E-state index < -0.39 is 5.51 Å². The molecule has 1 aromatic carbocycles. The minimum Gasteiger partial charge on any atom is -0.378 e. The summed E-state index contributed by atoms with van der Waals surface area (Å²) in [4.78, 5) is 7.91. The molecule has 0 fully saturated rings. The maximum atomic E-state index is 12.4. The first-order valence-electron chi connectivity index (χ1n) is 5.38. The van der Waals surface area contributed by atoms with Crippen molar-refractivity contribution in [2.75, 3.05) is 5.32 Å². The van der Waals surface area contributed by atoms with Gasteiger partial charge in [-0.15, -0.1) is 0 Å². The van der Waals surface area contributed by atoms with Crippen LogP contribution in [0.1, 0.15) is 5.69 Å². The molecule has 1 aromatic heterocycles. The fourth-order valence-electron chi connectivity index (χ4n) is 1.43. The lowest BCUT2D eigenvalue weighted by molar-refractivity contribution is -0.0327. The number of hydrogen-bond acceptors (Lipinski definition) is 4. The van der Waals surface area contributed by atoms with E-state index >= 15 is 0 Å². The number of alkyl halides is 3. The summed E-state index contributed by atoms with van der Waals surface area (Å²) in [5.74, 6) is 0. The highest BCUT2D eigenvalue weighted by Gasteiger charge is 2.30. The number of benzene rings is 1. The van der Waals surface area contributed by atoms with Gasteiger partial charge in [-0.3, -0.25) is 0 Å². The minimum absolute atomic E-state index is 0.133. The molecule has 1 heterocycles. The molecule has 7 heteroatoms. The van der Waals surface area contributed by atoms with Gasteiger partial charge in [0.15, 0.2) is 0 Å². The molecule has 0 saturated heterocycles. The van der Waals surface area contributed by atoms with Gasteiger partial charge in [-0.25, -0.2) is 9.97 Å². The standard InChI is InChI=1S/C12H10F3N3S/c13-12(14,15)19-11-4-2-1-3-10(11)17-7-9-5-6-16-8-18-9/h1-6,8,17H,7H2. The van der Waals surface area contributed by atoms with Gasteiger partial charge in [-0.05, 0) is 30.0 Å². The van der Waals surface area contributed by atoms with Gasteiger partial charge in [-0.2, -0.15) is 13.2 Å². The Morgan fingerprint density at radius 2 is 1.95 bits per heavy atom. The third-order valence-corrected chi connectivity index (χ3v) is 3.02. The summed E-state index contributed by atoms with van der Waals surface area (Å²) in [6.45, 7) is 0.345. The average Bonchev–Trinajstić information content (AvgIpc) is 2.37. The van der Waals surface area contributed by atoms with Crippen molar-refractivity contribution in [1.82, 2.24) is 9.97 Å². The van der Waals surface area contributed by atoms with Gasteiger partial charge in [0.2, 0.25) is 0 Å². The Bertz CT molecular complexity index is 531. The van der Waals surface area contributed by atoms with Crippen LogP contribution in [0.4, 0.5) is 18.9 Å². The monoisotopic (exact) mass is 285 g/mol. The van der Waals surface area contributed by atoms with Crippen molar-refractivity contribution in [3.63, 3.8) is 0 Å². The van der Waals surface area contributed by atoms with Gasteiger partial charge in [0.05, 0.1) is 12.2 Å². The maximum Gasteiger partial charge on any atom is 0.446 e. The van der Waals surface area contributed by atoms with Crippen LogP contribution in [-0.4, -0.2) is 15.5 Å². The van der Waals surface area contributed by atoms with E-state index in [-0.39, 0.29) is 16.7 Å². The topological polar surface area (TPSA) is 37.8 Å². The molecule has 0 aliphatic heterocycles. The molecule has 0 spiro atoms. The van der Waals surface area contributed by atoms with Crippen LogP contribution in [0.3, 0.4) is 0 Å². The van der Waals surface area contributed by atoms with Gasteiger partial charge in [-0.1, -0.05) is 12.1 Å². The molecule has 0 aliphatic carbocycles. The number of aromatic nitrogens is 2. The molecule has 0 unspecified atom stereocenters. The van der Waals surface area contributed by atoms with E-state index in [4.69, 9.17) is 0 Å². The number of anilines is 1. The number of nitrogens with zero attached hydrogens (tertiary/aromatic N) is 2. The summed E-state index contributed by atoms with van der Waals surface area (Å²) in [7, 11) is 0. The second-order valence-electron chi connectivity index (χ2n) is 3.60. The molecule has 2 rings (SSSR count). The first kappa shape index (κ1) is 13.7. The van der Waals surface area contributed by atoms with E-state index in [1.807, 2.05) is 0 Å². The van der Waals surface area contributed by atoms with E-state index in [9.17, 15) is 13.2 Å². The van der Waals surface area contributed by atoms with Crippen molar-refractivity contribution < 1.29 is 13.2 Å². The maximum absolute atomic E-state index is 12.4. The van der Waals surface area contributed by atoms with Crippen molar-refractivity contribution in [1.29, 1.82) is 0 Å². The molecule has 1 N–H and O–H groups in total. The lowest BCUT2D eigenvalue weighted by atomic mass is 10.3. The SMILES string of the molecule is FC(F)(F)Sc1ccccc1NCc1ccncn1. The fraction of sp³-hybridized carbons (Fsp3) is 0.167. The smallest absolute Gasteiger partial charge is 0.378 e. The van der Waals surface area contributed by atoms with Crippen molar-refractivity contribution >= 4 is 17.4 Å². The van der Waals surface area contributed by atoms with Gasteiger partial charge < -0.3 is 5.32 Å². The summed E-state index contributed by atoms with van der Waals surface area (Å²) >= 11 is -0.133. The van der Waals surface area contributed by atoms with E-state index in [0.717, 1.165) is 0 Å². The number of hydrogen-bond donors (Lipinski definition) is 1. The van der Waals surface area contributed by atoms with Gasteiger partial charge in [0.1, 0.15) is 6.33 Å². The molecule has 100 valence electrons. The lowest BCUT2D eigenvalue weighted by Gasteiger charge is -2.12. The molecule has 3 nitrogen and oxygen atoms in total. The molecule has 0 radical (unpaired) electrons. The highest BCUT2D eigenvalue weighted by Crippen LogP contribution is 2.40. The Hall–Kier alpha value is -1.76. The van der Waals surface area contributed by atoms with Gasteiger partial charge in [0.25, 0.3) is 0 Å². The summed E-state index contributed by atoms with van der Waals surface area (Å²) in [5.41, 5.74) is -3.16.